The second-order valence-electron chi connectivity index (χ2n) is 21.0. The second kappa shape index (κ2) is 12.4. The van der Waals surface area contributed by atoms with Crippen LogP contribution < -0.4 is 8.97 Å². The van der Waals surface area contributed by atoms with Crippen LogP contribution in [0.25, 0.3) is 38.8 Å². The van der Waals surface area contributed by atoms with Gasteiger partial charge >= 0.3 is 0 Å². The molecule has 0 N–H and O–H groups in total. The summed E-state index contributed by atoms with van der Waals surface area (Å²) in [6.07, 6.45) is 1.95. The molecule has 1 aliphatic carbocycles. The second-order valence-corrected chi connectivity index (χ2v) is 21.0. The molecular formula is C57H57N4+. The number of pyridine rings is 1. The SMILES string of the molecule is [2H]C([2H])([2H])[N@+]12[CH-][N@+](c3cc(C(C)(C)C)cc(C4(c5ccc6c7ccccc7n(-c7cc(C(C)(C)C)ccn7)c6c5)c5ccccc5-c5ccccc54)c3)(C1)c1cc(C(C)(C)C)ccc12. The van der Waals surface area contributed by atoms with E-state index in [1.807, 2.05) is 6.20 Å². The van der Waals surface area contributed by atoms with E-state index in [0.717, 1.165) is 33.9 Å². The van der Waals surface area contributed by atoms with Crippen molar-refractivity contribution in [1.82, 2.24) is 18.5 Å². The maximum Gasteiger partial charge on any atom is 0.181 e. The van der Waals surface area contributed by atoms with E-state index < -0.39 is 12.4 Å². The van der Waals surface area contributed by atoms with Crippen LogP contribution in [-0.4, -0.2) is 23.2 Å². The fraction of sp³-hybridized carbons (Fsp3) is 0.263. The maximum atomic E-state index is 8.93. The molecule has 12 rings (SSSR count). The molecule has 304 valence electrons. The van der Waals surface area contributed by atoms with Crippen molar-refractivity contribution in [1.29, 1.82) is 0 Å². The average molecular weight is 801 g/mol. The molecule has 0 amide bonds. The molecule has 1 fully saturated rings. The summed E-state index contributed by atoms with van der Waals surface area (Å²) in [5.74, 6) is 0.899. The Morgan fingerprint density at radius 1 is 0.574 bits per heavy atom. The quantitative estimate of drug-likeness (QED) is 0.128. The van der Waals surface area contributed by atoms with Gasteiger partial charge in [0.25, 0.3) is 0 Å². The standard InChI is InChI=1S/C57H57N4/c1-54(2,3)37-24-26-51-52(33-37)61(35-60(51,10)36-61)42-30-40(56(7,8)9)29-41(31-42)57(47-20-14-11-17-43(47)44-18-12-15-21-48(44)57)39-23-25-46-45-19-13-16-22-49(45)59(50(46)32-39)53-34-38(27-28-58-53)55(4,5)6/h11-35H,36H2,1-10H3/q+1/t60-,61+/m0/s1/i10D3. The largest absolute Gasteiger partial charge is 0.325 e. The summed E-state index contributed by atoms with van der Waals surface area (Å²) in [7, 11) is 0. The smallest absolute Gasteiger partial charge is 0.181 e. The first kappa shape index (κ1) is 34.9. The van der Waals surface area contributed by atoms with Crippen molar-refractivity contribution in [3.8, 4) is 16.9 Å². The summed E-state index contributed by atoms with van der Waals surface area (Å²) in [5.41, 5.74) is 15.0. The van der Waals surface area contributed by atoms with Crippen LogP contribution in [0.1, 0.15) is 105 Å². The first-order valence-corrected chi connectivity index (χ1v) is 21.8. The highest BCUT2D eigenvalue weighted by molar-refractivity contribution is 6.09. The van der Waals surface area contributed by atoms with Crippen LogP contribution in [0, 0.1) is 6.67 Å². The molecule has 2 bridgehead atoms. The molecule has 1 saturated heterocycles. The molecular weight excluding hydrogens is 741 g/mol. The lowest BCUT2D eigenvalue weighted by Gasteiger charge is -2.55. The van der Waals surface area contributed by atoms with Crippen LogP contribution in [0.4, 0.5) is 17.1 Å². The number of quaternary nitrogens is 2. The highest BCUT2D eigenvalue weighted by Gasteiger charge is 2.60. The number of aromatic nitrogens is 2. The Balaban J connectivity index is 1.24. The van der Waals surface area contributed by atoms with Crippen molar-refractivity contribution in [3.63, 3.8) is 0 Å². The Labute approximate surface area is 366 Å². The first-order chi connectivity index (χ1) is 30.2. The lowest BCUT2D eigenvalue weighted by atomic mass is 9.66. The molecule has 0 unspecified atom stereocenters. The Morgan fingerprint density at radius 2 is 1.20 bits per heavy atom. The molecule has 2 aromatic heterocycles. The molecule has 5 heterocycles. The molecule has 8 aromatic rings. The number of nitrogens with zero attached hydrogens (tertiary/aromatic N) is 4. The minimum atomic E-state index is -2.25. The number of fused-ring (bicyclic) bond motifs is 6. The molecule has 6 aromatic carbocycles. The van der Waals surface area contributed by atoms with Gasteiger partial charge in [-0.3, -0.25) is 9.05 Å². The topological polar surface area (TPSA) is 17.8 Å². The van der Waals surface area contributed by atoms with Gasteiger partial charge in [-0.2, -0.15) is 0 Å². The summed E-state index contributed by atoms with van der Waals surface area (Å²) in [5, 5.41) is 2.37. The predicted molar refractivity (Wildman–Crippen MR) is 257 cm³/mol. The molecule has 61 heavy (non-hydrogen) atoms. The van der Waals surface area contributed by atoms with Crippen molar-refractivity contribution >= 4 is 38.9 Å². The molecule has 2 atom stereocenters. The van der Waals surface area contributed by atoms with E-state index in [9.17, 15) is 0 Å². The predicted octanol–water partition coefficient (Wildman–Crippen LogP) is 14.1. The number of hydrogen-bond donors (Lipinski definition) is 0. The third kappa shape index (κ3) is 5.28. The Bertz CT molecular complexity index is 3190. The molecule has 0 spiro atoms. The maximum absolute atomic E-state index is 8.93. The van der Waals surface area contributed by atoms with Gasteiger partial charge in [-0.05, 0) is 90.6 Å². The van der Waals surface area contributed by atoms with E-state index in [4.69, 9.17) is 9.10 Å². The van der Waals surface area contributed by atoms with Crippen LogP contribution in [0.5, 0.6) is 0 Å². The van der Waals surface area contributed by atoms with Crippen molar-refractivity contribution in [2.75, 3.05) is 13.6 Å². The van der Waals surface area contributed by atoms with Crippen molar-refractivity contribution in [2.24, 2.45) is 0 Å². The van der Waals surface area contributed by atoms with Gasteiger partial charge in [0.2, 0.25) is 0 Å². The highest BCUT2D eigenvalue weighted by Crippen LogP contribution is 2.63. The summed E-state index contributed by atoms with van der Waals surface area (Å²) < 4.78 is 29.4. The molecule has 0 radical (unpaired) electrons. The number of hydrogen-bond acceptors (Lipinski definition) is 1. The fourth-order valence-electron chi connectivity index (χ4n) is 10.8. The van der Waals surface area contributed by atoms with Gasteiger partial charge in [-0.15, -0.1) is 0 Å². The first-order valence-electron chi connectivity index (χ1n) is 23.3. The van der Waals surface area contributed by atoms with E-state index in [0.29, 0.717) is 11.2 Å². The van der Waals surface area contributed by atoms with E-state index in [-0.39, 0.29) is 20.7 Å². The van der Waals surface area contributed by atoms with Crippen molar-refractivity contribution < 1.29 is 4.11 Å². The Kier molecular flexibility index (Phi) is 7.09. The molecule has 4 aliphatic rings. The monoisotopic (exact) mass is 800 g/mol. The third-order valence-electron chi connectivity index (χ3n) is 14.1. The van der Waals surface area contributed by atoms with Gasteiger partial charge in [0.15, 0.2) is 18.0 Å². The summed E-state index contributed by atoms with van der Waals surface area (Å²) in [6, 6.07) is 51.8. The molecule has 4 nitrogen and oxygen atoms in total. The van der Waals surface area contributed by atoms with Crippen molar-refractivity contribution in [3.05, 3.63) is 191 Å². The minimum absolute atomic E-state index is 0.0508. The van der Waals surface area contributed by atoms with Crippen LogP contribution in [0.3, 0.4) is 0 Å². The number of para-hydroxylation sites is 1. The Morgan fingerprint density at radius 3 is 1.87 bits per heavy atom. The molecule has 0 saturated carbocycles. The minimum Gasteiger partial charge on any atom is -0.325 e. The van der Waals surface area contributed by atoms with Crippen molar-refractivity contribution in [2.45, 2.75) is 84.0 Å². The van der Waals surface area contributed by atoms with Gasteiger partial charge in [0.1, 0.15) is 11.5 Å². The molecule has 4 heteroatoms. The van der Waals surface area contributed by atoms with Gasteiger partial charge in [0.05, 0.1) is 34.2 Å². The van der Waals surface area contributed by atoms with Gasteiger partial charge < -0.3 is 4.48 Å². The van der Waals surface area contributed by atoms with E-state index in [1.165, 1.54) is 60.8 Å². The highest BCUT2D eigenvalue weighted by atomic mass is 15.7. The summed E-state index contributed by atoms with van der Waals surface area (Å²) in [4.78, 5) is 5.05. The molecule has 3 aliphatic heterocycles. The van der Waals surface area contributed by atoms with E-state index >= 15 is 0 Å². The van der Waals surface area contributed by atoms with Crippen LogP contribution in [0.2, 0.25) is 0 Å². The normalized spacial score (nSPS) is 21.0. The van der Waals surface area contributed by atoms with Crippen LogP contribution in [0.15, 0.2) is 146 Å². The van der Waals surface area contributed by atoms with Gasteiger partial charge in [-0.1, -0.05) is 153 Å². The lowest BCUT2D eigenvalue weighted by Crippen LogP contribution is -2.68. The van der Waals surface area contributed by atoms with Gasteiger partial charge in [-0.25, -0.2) is 4.98 Å². The zero-order valence-corrected chi connectivity index (χ0v) is 36.9. The van der Waals surface area contributed by atoms with Crippen LogP contribution in [-0.2, 0) is 21.7 Å². The van der Waals surface area contributed by atoms with Crippen LogP contribution >= 0.6 is 0 Å². The Hall–Kier alpha value is -5.81. The fourth-order valence-corrected chi connectivity index (χ4v) is 10.8. The zero-order valence-electron chi connectivity index (χ0n) is 39.9. The number of benzene rings is 6. The summed E-state index contributed by atoms with van der Waals surface area (Å²) >= 11 is 0. The van der Waals surface area contributed by atoms with E-state index in [1.54, 1.807) is 0 Å². The summed E-state index contributed by atoms with van der Waals surface area (Å²) in [6.45, 7) is 20.6. The van der Waals surface area contributed by atoms with Gasteiger partial charge in [0, 0.05) is 41.2 Å². The zero-order chi connectivity index (χ0) is 45.0. The average Bonchev–Trinajstić information content (AvgIpc) is 3.93. The third-order valence-corrected chi connectivity index (χ3v) is 14.1. The van der Waals surface area contributed by atoms with E-state index in [2.05, 4.69) is 213 Å². The lowest BCUT2D eigenvalue weighted by molar-refractivity contribution is 0.157. The number of rotatable bonds is 4.